The SMILES string of the molecule is CCOC(=O)CC1CCCCN1S(=O)(=O)c1ccsc1. The highest BCUT2D eigenvalue weighted by Crippen LogP contribution is 2.28. The van der Waals surface area contributed by atoms with E-state index in [-0.39, 0.29) is 18.4 Å². The standard InChI is InChI=1S/C13H19NO4S2/c1-2-18-13(15)9-11-5-3-4-7-14(11)20(16,17)12-6-8-19-10-12/h6,8,10-11H,2-5,7,9H2,1H3. The maximum absolute atomic E-state index is 12.6. The number of carbonyl (C=O) groups excluding carboxylic acids is 1. The fourth-order valence-corrected chi connectivity index (χ4v) is 5.15. The van der Waals surface area contributed by atoms with E-state index in [2.05, 4.69) is 0 Å². The zero-order valence-corrected chi connectivity index (χ0v) is 13.1. The second-order valence-corrected chi connectivity index (χ2v) is 7.40. The fraction of sp³-hybridized carbons (Fsp3) is 0.615. The molecule has 2 rings (SSSR count). The van der Waals surface area contributed by atoms with Gasteiger partial charge in [0.25, 0.3) is 0 Å². The second kappa shape index (κ2) is 6.69. The zero-order valence-electron chi connectivity index (χ0n) is 11.4. The highest BCUT2D eigenvalue weighted by Gasteiger charge is 2.35. The van der Waals surface area contributed by atoms with E-state index in [1.54, 1.807) is 23.8 Å². The van der Waals surface area contributed by atoms with Crippen LogP contribution in [0, 0.1) is 0 Å². The molecule has 7 heteroatoms. The molecule has 0 radical (unpaired) electrons. The maximum atomic E-state index is 12.6. The van der Waals surface area contributed by atoms with Crippen LogP contribution >= 0.6 is 11.3 Å². The van der Waals surface area contributed by atoms with E-state index in [1.807, 2.05) is 0 Å². The van der Waals surface area contributed by atoms with Crippen molar-refractivity contribution in [1.82, 2.24) is 4.31 Å². The van der Waals surface area contributed by atoms with Gasteiger partial charge >= 0.3 is 5.97 Å². The first-order chi connectivity index (χ1) is 9.55. The average molecular weight is 317 g/mol. The Bertz CT molecular complexity index is 539. The van der Waals surface area contributed by atoms with Crippen molar-refractivity contribution in [2.75, 3.05) is 13.2 Å². The van der Waals surface area contributed by atoms with Crippen LogP contribution in [0.4, 0.5) is 0 Å². The van der Waals surface area contributed by atoms with Gasteiger partial charge in [-0.05, 0) is 31.2 Å². The largest absolute Gasteiger partial charge is 0.466 e. The van der Waals surface area contributed by atoms with Gasteiger partial charge in [-0.25, -0.2) is 8.42 Å². The van der Waals surface area contributed by atoms with Gasteiger partial charge in [0.1, 0.15) is 0 Å². The van der Waals surface area contributed by atoms with Gasteiger partial charge < -0.3 is 4.74 Å². The van der Waals surface area contributed by atoms with Gasteiger partial charge in [-0.2, -0.15) is 15.6 Å². The highest BCUT2D eigenvalue weighted by molar-refractivity contribution is 7.89. The zero-order chi connectivity index (χ0) is 14.6. The van der Waals surface area contributed by atoms with E-state index >= 15 is 0 Å². The molecule has 1 aromatic rings. The van der Waals surface area contributed by atoms with Crippen LogP contribution in [-0.2, 0) is 19.6 Å². The van der Waals surface area contributed by atoms with Crippen LogP contribution in [0.5, 0.6) is 0 Å². The van der Waals surface area contributed by atoms with Crippen molar-refractivity contribution in [3.63, 3.8) is 0 Å². The number of esters is 1. The maximum Gasteiger partial charge on any atom is 0.307 e. The van der Waals surface area contributed by atoms with Crippen LogP contribution < -0.4 is 0 Å². The Morgan fingerprint density at radius 1 is 1.50 bits per heavy atom. The lowest BCUT2D eigenvalue weighted by molar-refractivity contribution is -0.144. The molecule has 1 aliphatic rings. The van der Waals surface area contributed by atoms with Gasteiger partial charge in [0.2, 0.25) is 10.0 Å². The first kappa shape index (κ1) is 15.5. The summed E-state index contributed by atoms with van der Waals surface area (Å²) in [5, 5.41) is 3.38. The van der Waals surface area contributed by atoms with Crippen molar-refractivity contribution in [3.8, 4) is 0 Å². The first-order valence-electron chi connectivity index (χ1n) is 6.75. The third kappa shape index (κ3) is 3.39. The average Bonchev–Trinajstić information content (AvgIpc) is 2.94. The molecule has 0 spiro atoms. The second-order valence-electron chi connectivity index (χ2n) is 4.73. The molecule has 1 aliphatic heterocycles. The van der Waals surface area contributed by atoms with Gasteiger partial charge in [-0.3, -0.25) is 4.79 Å². The van der Waals surface area contributed by atoms with Gasteiger partial charge in [-0.1, -0.05) is 6.42 Å². The summed E-state index contributed by atoms with van der Waals surface area (Å²) < 4.78 is 31.6. The molecule has 0 aliphatic carbocycles. The summed E-state index contributed by atoms with van der Waals surface area (Å²) in [6, 6.07) is 1.32. The third-order valence-electron chi connectivity index (χ3n) is 3.38. The van der Waals surface area contributed by atoms with E-state index in [1.165, 1.54) is 15.6 Å². The number of sulfonamides is 1. The predicted octanol–water partition coefficient (Wildman–Crippen LogP) is 2.24. The summed E-state index contributed by atoms with van der Waals surface area (Å²) >= 11 is 1.36. The minimum absolute atomic E-state index is 0.136. The molecule has 2 heterocycles. The summed E-state index contributed by atoms with van der Waals surface area (Å²) in [6.07, 6.45) is 2.63. The lowest BCUT2D eigenvalue weighted by Crippen LogP contribution is -2.44. The Hall–Kier alpha value is -0.920. The molecule has 1 saturated heterocycles. The van der Waals surface area contributed by atoms with Crippen molar-refractivity contribution in [2.24, 2.45) is 0 Å². The Kier molecular flexibility index (Phi) is 5.17. The van der Waals surface area contributed by atoms with Crippen LogP contribution in [0.2, 0.25) is 0 Å². The number of carbonyl (C=O) groups is 1. The minimum Gasteiger partial charge on any atom is -0.466 e. The Morgan fingerprint density at radius 3 is 2.95 bits per heavy atom. The lowest BCUT2D eigenvalue weighted by atomic mass is 10.0. The van der Waals surface area contributed by atoms with Gasteiger partial charge in [0.05, 0.1) is 17.9 Å². The van der Waals surface area contributed by atoms with E-state index in [0.29, 0.717) is 24.5 Å². The normalized spacial score (nSPS) is 20.8. The summed E-state index contributed by atoms with van der Waals surface area (Å²) in [5.74, 6) is -0.329. The number of hydrogen-bond acceptors (Lipinski definition) is 5. The molecule has 0 N–H and O–H groups in total. The molecular formula is C13H19NO4S2. The number of nitrogens with zero attached hydrogens (tertiary/aromatic N) is 1. The minimum atomic E-state index is -3.49. The van der Waals surface area contributed by atoms with Crippen LogP contribution in [0.15, 0.2) is 21.7 Å². The van der Waals surface area contributed by atoms with Crippen molar-refractivity contribution >= 4 is 27.3 Å². The molecule has 1 fully saturated rings. The van der Waals surface area contributed by atoms with Crippen molar-refractivity contribution < 1.29 is 17.9 Å². The number of ether oxygens (including phenoxy) is 1. The van der Waals surface area contributed by atoms with Gasteiger partial charge in [0, 0.05) is 18.0 Å². The number of piperidine rings is 1. The number of thiophene rings is 1. The molecule has 1 aromatic heterocycles. The Labute approximate surface area is 123 Å². The highest BCUT2D eigenvalue weighted by atomic mass is 32.2. The van der Waals surface area contributed by atoms with Crippen molar-refractivity contribution in [1.29, 1.82) is 0 Å². The molecule has 1 unspecified atom stereocenters. The fourth-order valence-electron chi connectivity index (χ4n) is 2.44. The number of hydrogen-bond donors (Lipinski definition) is 0. The molecule has 0 saturated carbocycles. The molecule has 0 bridgehead atoms. The monoisotopic (exact) mass is 317 g/mol. The van der Waals surface area contributed by atoms with Gasteiger partial charge in [0.15, 0.2) is 0 Å². The van der Waals surface area contributed by atoms with Crippen LogP contribution in [0.3, 0.4) is 0 Å². The number of rotatable bonds is 5. The lowest BCUT2D eigenvalue weighted by Gasteiger charge is -2.33. The Morgan fingerprint density at radius 2 is 2.30 bits per heavy atom. The molecular weight excluding hydrogens is 298 g/mol. The summed E-state index contributed by atoms with van der Waals surface area (Å²) in [5.41, 5.74) is 0. The summed E-state index contributed by atoms with van der Waals surface area (Å²) in [7, 11) is -3.49. The molecule has 112 valence electrons. The first-order valence-corrected chi connectivity index (χ1v) is 9.13. The smallest absolute Gasteiger partial charge is 0.307 e. The third-order valence-corrected chi connectivity index (χ3v) is 6.16. The Balaban J connectivity index is 2.17. The van der Waals surface area contributed by atoms with E-state index in [9.17, 15) is 13.2 Å². The topological polar surface area (TPSA) is 63.7 Å². The summed E-state index contributed by atoms with van der Waals surface area (Å²) in [4.78, 5) is 11.9. The molecule has 0 amide bonds. The van der Waals surface area contributed by atoms with E-state index in [0.717, 1.165) is 12.8 Å². The van der Waals surface area contributed by atoms with Crippen molar-refractivity contribution in [2.45, 2.75) is 43.5 Å². The molecule has 0 aromatic carbocycles. The summed E-state index contributed by atoms with van der Waals surface area (Å²) in [6.45, 7) is 2.55. The quantitative estimate of drug-likeness (QED) is 0.781. The van der Waals surface area contributed by atoms with Crippen molar-refractivity contribution in [3.05, 3.63) is 16.8 Å². The molecule has 1 atom stereocenters. The van der Waals surface area contributed by atoms with E-state index in [4.69, 9.17) is 4.74 Å². The van der Waals surface area contributed by atoms with Crippen LogP contribution in [0.25, 0.3) is 0 Å². The molecule has 5 nitrogen and oxygen atoms in total. The predicted molar refractivity (Wildman–Crippen MR) is 77.1 cm³/mol. The van der Waals surface area contributed by atoms with Gasteiger partial charge in [-0.15, -0.1) is 0 Å². The molecule has 20 heavy (non-hydrogen) atoms. The van der Waals surface area contributed by atoms with Crippen LogP contribution in [-0.4, -0.2) is 37.9 Å². The van der Waals surface area contributed by atoms with E-state index < -0.39 is 10.0 Å². The van der Waals surface area contributed by atoms with Crippen LogP contribution in [0.1, 0.15) is 32.6 Å².